The standard InChI is InChI=1S/C24H32N4O2/c1-5-18-16-20(19-10-9-11-21(17-19)29-4)12-13-22(18)30-15-8-6-7-14-24(2,3)23-25-27-28-26-23/h9-13,16-17H,5-8,14-15H2,1-4H3,(H,25,26,27,28). The highest BCUT2D eigenvalue weighted by Crippen LogP contribution is 2.30. The maximum Gasteiger partial charge on any atom is 0.180 e. The predicted octanol–water partition coefficient (Wildman–Crippen LogP) is 5.35. The number of nitrogens with one attached hydrogen (secondary N) is 1. The largest absolute Gasteiger partial charge is 0.497 e. The van der Waals surface area contributed by atoms with Crippen LogP contribution in [0.4, 0.5) is 0 Å². The Morgan fingerprint density at radius 1 is 1.00 bits per heavy atom. The zero-order chi connectivity index (χ0) is 21.4. The molecule has 1 N–H and O–H groups in total. The molecule has 6 nitrogen and oxygen atoms in total. The van der Waals surface area contributed by atoms with Crippen molar-refractivity contribution in [2.45, 2.75) is 58.3 Å². The molecule has 160 valence electrons. The summed E-state index contributed by atoms with van der Waals surface area (Å²) in [5, 5.41) is 14.4. The zero-order valence-corrected chi connectivity index (χ0v) is 18.4. The summed E-state index contributed by atoms with van der Waals surface area (Å²) >= 11 is 0. The SMILES string of the molecule is CCc1cc(-c2cccc(OC)c2)ccc1OCCCCCC(C)(C)c1nn[nH]n1. The van der Waals surface area contributed by atoms with Gasteiger partial charge in [0.1, 0.15) is 11.5 Å². The van der Waals surface area contributed by atoms with E-state index in [1.165, 1.54) is 11.1 Å². The Morgan fingerprint density at radius 2 is 1.83 bits per heavy atom. The van der Waals surface area contributed by atoms with E-state index < -0.39 is 0 Å². The van der Waals surface area contributed by atoms with Gasteiger partial charge in [-0.25, -0.2) is 0 Å². The topological polar surface area (TPSA) is 72.9 Å². The Labute approximate surface area is 179 Å². The minimum atomic E-state index is -0.0564. The summed E-state index contributed by atoms with van der Waals surface area (Å²) < 4.78 is 11.5. The van der Waals surface area contributed by atoms with Crippen molar-refractivity contribution >= 4 is 0 Å². The third-order valence-electron chi connectivity index (χ3n) is 5.50. The van der Waals surface area contributed by atoms with E-state index in [0.717, 1.165) is 61.6 Å². The number of tetrazole rings is 1. The number of hydrogen-bond donors (Lipinski definition) is 1. The van der Waals surface area contributed by atoms with Gasteiger partial charge in [-0.2, -0.15) is 5.21 Å². The highest BCUT2D eigenvalue weighted by atomic mass is 16.5. The zero-order valence-electron chi connectivity index (χ0n) is 18.4. The molecular weight excluding hydrogens is 376 g/mol. The van der Waals surface area contributed by atoms with Crippen LogP contribution in [0.1, 0.15) is 57.8 Å². The van der Waals surface area contributed by atoms with E-state index in [1.807, 2.05) is 12.1 Å². The molecular formula is C24H32N4O2. The molecule has 0 radical (unpaired) electrons. The third kappa shape index (κ3) is 5.59. The lowest BCUT2D eigenvalue weighted by Gasteiger charge is -2.19. The van der Waals surface area contributed by atoms with Crippen LogP contribution < -0.4 is 9.47 Å². The van der Waals surface area contributed by atoms with Crippen LogP contribution in [0.5, 0.6) is 11.5 Å². The van der Waals surface area contributed by atoms with E-state index in [4.69, 9.17) is 9.47 Å². The lowest BCUT2D eigenvalue weighted by Crippen LogP contribution is -2.19. The van der Waals surface area contributed by atoms with Crippen LogP contribution in [0.15, 0.2) is 42.5 Å². The Hall–Kier alpha value is -2.89. The van der Waals surface area contributed by atoms with Crippen molar-refractivity contribution in [2.75, 3.05) is 13.7 Å². The van der Waals surface area contributed by atoms with Crippen LogP contribution in [0.3, 0.4) is 0 Å². The molecule has 3 aromatic rings. The van der Waals surface area contributed by atoms with Crippen LogP contribution in [0.25, 0.3) is 11.1 Å². The van der Waals surface area contributed by atoms with E-state index >= 15 is 0 Å². The maximum atomic E-state index is 6.10. The first-order valence-corrected chi connectivity index (χ1v) is 10.7. The van der Waals surface area contributed by atoms with Gasteiger partial charge in [-0.15, -0.1) is 10.2 Å². The van der Waals surface area contributed by atoms with Crippen molar-refractivity contribution in [3.8, 4) is 22.6 Å². The number of ether oxygens (including phenoxy) is 2. The fourth-order valence-corrected chi connectivity index (χ4v) is 3.57. The van der Waals surface area contributed by atoms with Gasteiger partial charge in [0.2, 0.25) is 0 Å². The molecule has 0 aliphatic carbocycles. The molecule has 0 bridgehead atoms. The summed E-state index contributed by atoms with van der Waals surface area (Å²) in [4.78, 5) is 0. The first kappa shape index (κ1) is 21.8. The van der Waals surface area contributed by atoms with E-state index in [1.54, 1.807) is 7.11 Å². The summed E-state index contributed by atoms with van der Waals surface area (Å²) in [6.45, 7) is 7.21. The van der Waals surface area contributed by atoms with Gasteiger partial charge in [-0.1, -0.05) is 57.0 Å². The lowest BCUT2D eigenvalue weighted by molar-refractivity contribution is 0.298. The highest BCUT2D eigenvalue weighted by Gasteiger charge is 2.24. The van der Waals surface area contributed by atoms with Gasteiger partial charge in [-0.05, 0) is 60.2 Å². The van der Waals surface area contributed by atoms with E-state index in [-0.39, 0.29) is 5.41 Å². The number of aryl methyl sites for hydroxylation is 1. The quantitative estimate of drug-likeness (QED) is 0.433. The van der Waals surface area contributed by atoms with Gasteiger partial charge < -0.3 is 9.47 Å². The second kappa shape index (κ2) is 10.2. The van der Waals surface area contributed by atoms with Crippen LogP contribution in [-0.2, 0) is 11.8 Å². The number of hydrogen-bond acceptors (Lipinski definition) is 5. The van der Waals surface area contributed by atoms with Crippen LogP contribution in [0.2, 0.25) is 0 Å². The average molecular weight is 409 g/mol. The molecule has 6 heteroatoms. The number of aromatic nitrogens is 4. The number of methoxy groups -OCH3 is 1. The number of benzene rings is 2. The predicted molar refractivity (Wildman–Crippen MR) is 119 cm³/mol. The van der Waals surface area contributed by atoms with E-state index in [2.05, 4.69) is 71.7 Å². The van der Waals surface area contributed by atoms with Gasteiger partial charge in [-0.3, -0.25) is 0 Å². The van der Waals surface area contributed by atoms with Crippen molar-refractivity contribution in [1.82, 2.24) is 20.6 Å². The second-order valence-electron chi connectivity index (χ2n) is 8.19. The molecule has 0 amide bonds. The minimum absolute atomic E-state index is 0.0564. The van der Waals surface area contributed by atoms with Crippen LogP contribution in [0, 0.1) is 0 Å². The molecule has 0 aliphatic rings. The number of H-pyrrole nitrogens is 1. The summed E-state index contributed by atoms with van der Waals surface area (Å²) in [5.74, 6) is 2.63. The second-order valence-corrected chi connectivity index (χ2v) is 8.19. The van der Waals surface area contributed by atoms with Gasteiger partial charge >= 0.3 is 0 Å². The number of rotatable bonds is 11. The van der Waals surface area contributed by atoms with Crippen LogP contribution in [-0.4, -0.2) is 34.3 Å². The summed E-state index contributed by atoms with van der Waals surface area (Å²) in [7, 11) is 1.69. The molecule has 0 unspecified atom stereocenters. The molecule has 0 atom stereocenters. The van der Waals surface area contributed by atoms with Gasteiger partial charge in [0, 0.05) is 5.41 Å². The van der Waals surface area contributed by atoms with E-state index in [9.17, 15) is 0 Å². The number of nitrogens with zero attached hydrogens (tertiary/aromatic N) is 3. The van der Waals surface area contributed by atoms with Crippen molar-refractivity contribution in [1.29, 1.82) is 0 Å². The smallest absolute Gasteiger partial charge is 0.180 e. The Bertz CT molecular complexity index is 923. The maximum absolute atomic E-state index is 6.10. The molecule has 1 aromatic heterocycles. The van der Waals surface area contributed by atoms with Crippen LogP contribution >= 0.6 is 0 Å². The molecule has 0 saturated heterocycles. The number of aromatic amines is 1. The van der Waals surface area contributed by atoms with Gasteiger partial charge in [0.05, 0.1) is 13.7 Å². The molecule has 2 aromatic carbocycles. The summed E-state index contributed by atoms with van der Waals surface area (Å²) in [6, 6.07) is 14.6. The lowest BCUT2D eigenvalue weighted by atomic mass is 9.86. The monoisotopic (exact) mass is 408 g/mol. The third-order valence-corrected chi connectivity index (χ3v) is 5.50. The molecule has 0 aliphatic heterocycles. The molecule has 0 saturated carbocycles. The highest BCUT2D eigenvalue weighted by molar-refractivity contribution is 5.67. The first-order chi connectivity index (χ1) is 14.5. The minimum Gasteiger partial charge on any atom is -0.497 e. The Morgan fingerprint density at radius 3 is 2.57 bits per heavy atom. The van der Waals surface area contributed by atoms with Gasteiger partial charge in [0.15, 0.2) is 5.82 Å². The number of unbranched alkanes of at least 4 members (excludes halogenated alkanes) is 2. The van der Waals surface area contributed by atoms with Crippen molar-refractivity contribution in [3.63, 3.8) is 0 Å². The summed E-state index contributed by atoms with van der Waals surface area (Å²) in [6.07, 6.45) is 5.22. The van der Waals surface area contributed by atoms with E-state index in [0.29, 0.717) is 0 Å². The van der Waals surface area contributed by atoms with Crippen molar-refractivity contribution in [2.24, 2.45) is 0 Å². The molecule has 1 heterocycles. The van der Waals surface area contributed by atoms with Gasteiger partial charge in [0.25, 0.3) is 0 Å². The Kier molecular flexibility index (Phi) is 7.44. The normalized spacial score (nSPS) is 11.5. The fraction of sp³-hybridized carbons (Fsp3) is 0.458. The summed E-state index contributed by atoms with van der Waals surface area (Å²) in [5.41, 5.74) is 3.51. The molecule has 0 fully saturated rings. The molecule has 0 spiro atoms. The van der Waals surface area contributed by atoms with Crippen molar-refractivity contribution < 1.29 is 9.47 Å². The molecule has 3 rings (SSSR count). The van der Waals surface area contributed by atoms with Crippen molar-refractivity contribution in [3.05, 3.63) is 53.9 Å². The first-order valence-electron chi connectivity index (χ1n) is 10.7. The molecule has 30 heavy (non-hydrogen) atoms. The Balaban J connectivity index is 1.49. The average Bonchev–Trinajstić information content (AvgIpc) is 3.32. The fourth-order valence-electron chi connectivity index (χ4n) is 3.57.